The molecule has 28 heavy (non-hydrogen) atoms. The Morgan fingerprint density at radius 2 is 2.11 bits per heavy atom. The van der Waals surface area contributed by atoms with E-state index >= 15 is 0 Å². The number of pyridine rings is 1. The van der Waals surface area contributed by atoms with Gasteiger partial charge >= 0.3 is 0 Å². The number of imidazole rings is 1. The Morgan fingerprint density at radius 3 is 2.93 bits per heavy atom. The van der Waals surface area contributed by atoms with Gasteiger partial charge in [-0.3, -0.25) is 4.40 Å². The Kier molecular flexibility index (Phi) is 4.07. The van der Waals surface area contributed by atoms with Gasteiger partial charge in [-0.15, -0.1) is 16.4 Å². The number of benzene rings is 1. The summed E-state index contributed by atoms with van der Waals surface area (Å²) in [6, 6.07) is 16.2. The van der Waals surface area contributed by atoms with Gasteiger partial charge in [0.15, 0.2) is 5.65 Å². The van der Waals surface area contributed by atoms with Crippen molar-refractivity contribution >= 4 is 39.8 Å². The van der Waals surface area contributed by atoms with E-state index in [1.54, 1.807) is 16.0 Å². The van der Waals surface area contributed by atoms with Crippen molar-refractivity contribution in [1.29, 1.82) is 5.26 Å². The predicted molar refractivity (Wildman–Crippen MR) is 108 cm³/mol. The molecule has 0 fully saturated rings. The summed E-state index contributed by atoms with van der Waals surface area (Å²) in [7, 11) is 0. The fourth-order valence-electron chi connectivity index (χ4n) is 3.14. The van der Waals surface area contributed by atoms with Crippen molar-refractivity contribution in [1.82, 2.24) is 29.6 Å². The van der Waals surface area contributed by atoms with Crippen LogP contribution in [0.25, 0.3) is 16.7 Å². The molecule has 0 saturated carbocycles. The standard InChI is InChI=1S/C19H13N7S2/c1-12-9-17(28-19-22-23-24-25(19)11-13-5-4-8-27-13)26-16-7-3-2-6-15(16)21-18(26)14(12)10-20/h2-9H,11H2,1H3. The lowest BCUT2D eigenvalue weighted by molar-refractivity contribution is 0.608. The number of aryl methyl sites for hydroxylation is 1. The van der Waals surface area contributed by atoms with Crippen LogP contribution in [0.3, 0.4) is 0 Å². The van der Waals surface area contributed by atoms with Crippen LogP contribution in [0.2, 0.25) is 0 Å². The van der Waals surface area contributed by atoms with Crippen molar-refractivity contribution in [3.8, 4) is 6.07 Å². The first kappa shape index (κ1) is 16.9. The molecule has 7 nitrogen and oxygen atoms in total. The van der Waals surface area contributed by atoms with Crippen LogP contribution in [0.5, 0.6) is 0 Å². The highest BCUT2D eigenvalue weighted by Crippen LogP contribution is 2.32. The Labute approximate surface area is 168 Å². The first-order valence-corrected chi connectivity index (χ1v) is 10.2. The summed E-state index contributed by atoms with van der Waals surface area (Å²) < 4.78 is 3.80. The van der Waals surface area contributed by atoms with Gasteiger partial charge < -0.3 is 0 Å². The maximum absolute atomic E-state index is 9.63. The number of nitriles is 1. The summed E-state index contributed by atoms with van der Waals surface area (Å²) in [5.74, 6) is 0. The molecule has 5 aromatic rings. The van der Waals surface area contributed by atoms with Gasteiger partial charge in [0.25, 0.3) is 0 Å². The molecular formula is C19H13N7S2. The van der Waals surface area contributed by atoms with Gasteiger partial charge in [-0.2, -0.15) is 5.26 Å². The van der Waals surface area contributed by atoms with Crippen molar-refractivity contribution in [3.05, 3.63) is 63.8 Å². The molecule has 0 unspecified atom stereocenters. The zero-order valence-electron chi connectivity index (χ0n) is 14.8. The number of fused-ring (bicyclic) bond motifs is 3. The summed E-state index contributed by atoms with van der Waals surface area (Å²) >= 11 is 3.14. The first-order valence-electron chi connectivity index (χ1n) is 8.52. The third-order valence-corrected chi connectivity index (χ3v) is 6.28. The van der Waals surface area contributed by atoms with Gasteiger partial charge in [0.2, 0.25) is 5.16 Å². The van der Waals surface area contributed by atoms with E-state index in [1.807, 2.05) is 53.1 Å². The number of para-hydroxylation sites is 2. The SMILES string of the molecule is Cc1cc(Sc2nnnn2Cc2cccs2)n2c(nc3ccccc32)c1C#N. The molecule has 0 saturated heterocycles. The molecule has 0 spiro atoms. The molecule has 0 aliphatic carbocycles. The van der Waals surface area contributed by atoms with Gasteiger partial charge in [-0.05, 0) is 64.3 Å². The summed E-state index contributed by atoms with van der Waals surface area (Å²) in [4.78, 5) is 5.87. The van der Waals surface area contributed by atoms with Crippen LogP contribution in [-0.2, 0) is 6.54 Å². The van der Waals surface area contributed by atoms with Crippen LogP contribution in [-0.4, -0.2) is 29.6 Å². The third-order valence-electron chi connectivity index (χ3n) is 4.43. The van der Waals surface area contributed by atoms with E-state index in [2.05, 4.69) is 27.7 Å². The smallest absolute Gasteiger partial charge is 0.215 e. The minimum Gasteiger partial charge on any atom is -0.285 e. The largest absolute Gasteiger partial charge is 0.285 e. The first-order chi connectivity index (χ1) is 13.7. The number of rotatable bonds is 4. The Morgan fingerprint density at radius 1 is 1.21 bits per heavy atom. The molecule has 4 aromatic heterocycles. The molecular weight excluding hydrogens is 390 g/mol. The second-order valence-electron chi connectivity index (χ2n) is 6.21. The van der Waals surface area contributed by atoms with Gasteiger partial charge in [-0.1, -0.05) is 18.2 Å². The average Bonchev–Trinajstić information content (AvgIpc) is 3.43. The van der Waals surface area contributed by atoms with Crippen molar-refractivity contribution in [2.75, 3.05) is 0 Å². The van der Waals surface area contributed by atoms with E-state index in [4.69, 9.17) is 4.98 Å². The lowest BCUT2D eigenvalue weighted by Gasteiger charge is -2.09. The van der Waals surface area contributed by atoms with Crippen LogP contribution in [0.1, 0.15) is 16.0 Å². The van der Waals surface area contributed by atoms with E-state index in [0.717, 1.165) is 21.6 Å². The van der Waals surface area contributed by atoms with Crippen LogP contribution < -0.4 is 0 Å². The fraction of sp³-hybridized carbons (Fsp3) is 0.105. The molecule has 5 rings (SSSR count). The van der Waals surface area contributed by atoms with E-state index in [1.165, 1.54) is 16.6 Å². The zero-order chi connectivity index (χ0) is 19.1. The van der Waals surface area contributed by atoms with E-state index in [0.29, 0.717) is 22.9 Å². The van der Waals surface area contributed by atoms with Gasteiger partial charge in [-0.25, -0.2) is 9.67 Å². The molecule has 4 heterocycles. The molecule has 136 valence electrons. The number of hydrogen-bond donors (Lipinski definition) is 0. The second kappa shape index (κ2) is 6.74. The quantitative estimate of drug-likeness (QED) is 0.452. The monoisotopic (exact) mass is 403 g/mol. The lowest BCUT2D eigenvalue weighted by atomic mass is 10.2. The summed E-state index contributed by atoms with van der Waals surface area (Å²) in [6.07, 6.45) is 0. The van der Waals surface area contributed by atoms with Crippen molar-refractivity contribution in [2.24, 2.45) is 0 Å². The molecule has 0 atom stereocenters. The molecule has 0 aliphatic rings. The predicted octanol–water partition coefficient (Wildman–Crippen LogP) is 3.92. The van der Waals surface area contributed by atoms with Crippen molar-refractivity contribution in [3.63, 3.8) is 0 Å². The topological polar surface area (TPSA) is 84.7 Å². The maximum atomic E-state index is 9.63. The van der Waals surface area contributed by atoms with Crippen LogP contribution >= 0.6 is 23.1 Å². The summed E-state index contributed by atoms with van der Waals surface area (Å²) in [6.45, 7) is 2.55. The molecule has 1 aromatic carbocycles. The highest BCUT2D eigenvalue weighted by molar-refractivity contribution is 7.99. The van der Waals surface area contributed by atoms with Crippen molar-refractivity contribution in [2.45, 2.75) is 23.7 Å². The number of tetrazole rings is 1. The lowest BCUT2D eigenvalue weighted by Crippen LogP contribution is -2.03. The Hall–Kier alpha value is -3.22. The van der Waals surface area contributed by atoms with E-state index in [9.17, 15) is 5.26 Å². The molecule has 0 aliphatic heterocycles. The Bertz CT molecular complexity index is 1340. The average molecular weight is 403 g/mol. The molecule has 0 bridgehead atoms. The van der Waals surface area contributed by atoms with Gasteiger partial charge in [0.1, 0.15) is 6.07 Å². The third kappa shape index (κ3) is 2.74. The number of aromatic nitrogens is 6. The second-order valence-corrected chi connectivity index (χ2v) is 8.23. The Balaban J connectivity index is 1.66. The summed E-state index contributed by atoms with van der Waals surface area (Å²) in [5.41, 5.74) is 3.92. The molecule has 0 radical (unpaired) electrons. The number of thiophene rings is 1. The highest BCUT2D eigenvalue weighted by atomic mass is 32.2. The number of nitrogens with zero attached hydrogens (tertiary/aromatic N) is 7. The molecule has 9 heteroatoms. The highest BCUT2D eigenvalue weighted by Gasteiger charge is 2.18. The minimum absolute atomic E-state index is 0.582. The molecule has 0 N–H and O–H groups in total. The van der Waals surface area contributed by atoms with E-state index in [-0.39, 0.29) is 0 Å². The maximum Gasteiger partial charge on any atom is 0.215 e. The fourth-order valence-corrected chi connectivity index (χ4v) is 4.81. The molecule has 0 amide bonds. The van der Waals surface area contributed by atoms with Crippen LogP contribution in [0.15, 0.2) is 58.0 Å². The number of hydrogen-bond acceptors (Lipinski definition) is 7. The normalized spacial score (nSPS) is 11.3. The zero-order valence-corrected chi connectivity index (χ0v) is 16.4. The van der Waals surface area contributed by atoms with E-state index < -0.39 is 0 Å². The minimum atomic E-state index is 0.582. The van der Waals surface area contributed by atoms with Crippen LogP contribution in [0.4, 0.5) is 0 Å². The van der Waals surface area contributed by atoms with Crippen molar-refractivity contribution < 1.29 is 0 Å². The van der Waals surface area contributed by atoms with Crippen LogP contribution in [0, 0.1) is 18.3 Å². The summed E-state index contributed by atoms with van der Waals surface area (Å²) in [5, 5.41) is 25.5. The van der Waals surface area contributed by atoms with Gasteiger partial charge in [0.05, 0.1) is 28.2 Å². The van der Waals surface area contributed by atoms with Gasteiger partial charge in [0, 0.05) is 4.88 Å².